The Kier molecular flexibility index (Phi) is 6.61. The van der Waals surface area contributed by atoms with Crippen LogP contribution in [0.3, 0.4) is 0 Å². The molecule has 1 rings (SSSR count). The lowest BCUT2D eigenvalue weighted by molar-refractivity contribution is 0.377. The van der Waals surface area contributed by atoms with E-state index in [1.807, 2.05) is 19.1 Å². The summed E-state index contributed by atoms with van der Waals surface area (Å²) in [7, 11) is 0. The van der Waals surface area contributed by atoms with E-state index in [9.17, 15) is 4.79 Å². The molecule has 0 spiro atoms. The molecule has 0 bridgehead atoms. The zero-order chi connectivity index (χ0) is 15.9. The molecule has 0 aromatic rings. The minimum atomic E-state index is 0.286. The fourth-order valence-corrected chi connectivity index (χ4v) is 2.77. The average Bonchev–Trinajstić information content (AvgIpc) is 2.37. The molecule has 0 aromatic heterocycles. The molecule has 0 fully saturated rings. The van der Waals surface area contributed by atoms with E-state index in [0.29, 0.717) is 0 Å². The number of rotatable bonds is 5. The molecule has 1 aliphatic carbocycles. The molecular formula is C20H27O. The van der Waals surface area contributed by atoms with E-state index < -0.39 is 0 Å². The van der Waals surface area contributed by atoms with Crippen LogP contribution in [0.15, 0.2) is 58.7 Å². The summed E-state index contributed by atoms with van der Waals surface area (Å²) in [5, 5.41) is 0. The third-order valence-electron chi connectivity index (χ3n) is 4.06. The average molecular weight is 283 g/mol. The van der Waals surface area contributed by atoms with Crippen molar-refractivity contribution >= 4 is 6.29 Å². The van der Waals surface area contributed by atoms with Gasteiger partial charge in [0.25, 0.3) is 0 Å². The van der Waals surface area contributed by atoms with Crippen molar-refractivity contribution in [2.75, 3.05) is 0 Å². The van der Waals surface area contributed by atoms with Crippen molar-refractivity contribution in [3.63, 3.8) is 0 Å². The fourth-order valence-electron chi connectivity index (χ4n) is 2.77. The quantitative estimate of drug-likeness (QED) is 0.472. The van der Waals surface area contributed by atoms with Crippen molar-refractivity contribution in [3.8, 4) is 0 Å². The second kappa shape index (κ2) is 7.97. The van der Waals surface area contributed by atoms with Crippen LogP contribution in [-0.4, -0.2) is 6.29 Å². The van der Waals surface area contributed by atoms with Gasteiger partial charge in [-0.15, -0.1) is 0 Å². The molecule has 0 saturated heterocycles. The summed E-state index contributed by atoms with van der Waals surface area (Å²) in [6.45, 7) is 10.9. The number of allylic oxidation sites excluding steroid dienone is 10. The summed E-state index contributed by atoms with van der Waals surface area (Å²) >= 11 is 0. The molecule has 21 heavy (non-hydrogen) atoms. The maximum absolute atomic E-state index is 10.2. The van der Waals surface area contributed by atoms with Gasteiger partial charge >= 0.3 is 0 Å². The number of hydrogen-bond acceptors (Lipinski definition) is 1. The van der Waals surface area contributed by atoms with E-state index in [2.05, 4.69) is 45.9 Å². The van der Waals surface area contributed by atoms with Gasteiger partial charge in [0.15, 0.2) is 0 Å². The van der Waals surface area contributed by atoms with Gasteiger partial charge in [-0.3, -0.25) is 4.79 Å². The predicted molar refractivity (Wildman–Crippen MR) is 91.8 cm³/mol. The van der Waals surface area contributed by atoms with Crippen LogP contribution in [0, 0.1) is 5.41 Å². The molecule has 0 aliphatic heterocycles. The maximum atomic E-state index is 10.2. The molecule has 1 nitrogen and oxygen atoms in total. The molecule has 0 unspecified atom stereocenters. The normalized spacial score (nSPS) is 20.6. The van der Waals surface area contributed by atoms with Gasteiger partial charge < -0.3 is 0 Å². The third kappa shape index (κ3) is 5.71. The van der Waals surface area contributed by atoms with Crippen molar-refractivity contribution in [1.82, 2.24) is 0 Å². The van der Waals surface area contributed by atoms with E-state index >= 15 is 0 Å². The molecule has 0 aromatic carbocycles. The first-order chi connectivity index (χ1) is 9.86. The Labute approximate surface area is 129 Å². The highest BCUT2D eigenvalue weighted by Crippen LogP contribution is 2.40. The second-order valence-corrected chi connectivity index (χ2v) is 6.54. The summed E-state index contributed by atoms with van der Waals surface area (Å²) in [4.78, 5) is 10.2. The van der Waals surface area contributed by atoms with Crippen LogP contribution in [0.5, 0.6) is 0 Å². The SMILES string of the molecule is CC(C=C/C=C(/C)C=CC1=C(C)CCCC1(C)C)=C[C]=O. The van der Waals surface area contributed by atoms with Crippen LogP contribution in [-0.2, 0) is 4.79 Å². The van der Waals surface area contributed by atoms with Crippen LogP contribution >= 0.6 is 0 Å². The van der Waals surface area contributed by atoms with Crippen molar-refractivity contribution in [2.45, 2.75) is 53.9 Å². The van der Waals surface area contributed by atoms with Gasteiger partial charge in [0.1, 0.15) is 0 Å². The highest BCUT2D eigenvalue weighted by molar-refractivity contribution is 5.67. The molecule has 1 heteroatoms. The van der Waals surface area contributed by atoms with E-state index in [0.717, 1.165) is 5.57 Å². The van der Waals surface area contributed by atoms with Gasteiger partial charge in [-0.05, 0) is 62.7 Å². The van der Waals surface area contributed by atoms with Gasteiger partial charge in [-0.2, -0.15) is 0 Å². The Hall–Kier alpha value is -1.63. The van der Waals surface area contributed by atoms with Crippen molar-refractivity contribution in [3.05, 3.63) is 58.7 Å². The van der Waals surface area contributed by atoms with Gasteiger partial charge in [0.2, 0.25) is 6.29 Å². The summed E-state index contributed by atoms with van der Waals surface area (Å²) in [6, 6.07) is 0. The van der Waals surface area contributed by atoms with Crippen molar-refractivity contribution in [1.29, 1.82) is 0 Å². The van der Waals surface area contributed by atoms with Crippen molar-refractivity contribution in [2.24, 2.45) is 5.41 Å². The molecule has 0 N–H and O–H groups in total. The Bertz CT molecular complexity index is 522. The first kappa shape index (κ1) is 17.4. The van der Waals surface area contributed by atoms with Crippen LogP contribution in [0.1, 0.15) is 53.9 Å². The predicted octanol–water partition coefficient (Wildman–Crippen LogP) is 5.63. The van der Waals surface area contributed by atoms with Crippen LogP contribution in [0.25, 0.3) is 0 Å². The molecule has 0 saturated carbocycles. The van der Waals surface area contributed by atoms with Crippen LogP contribution in [0.2, 0.25) is 0 Å². The van der Waals surface area contributed by atoms with Crippen LogP contribution < -0.4 is 0 Å². The van der Waals surface area contributed by atoms with E-state index in [1.165, 1.54) is 42.1 Å². The van der Waals surface area contributed by atoms with Crippen molar-refractivity contribution < 1.29 is 4.79 Å². The van der Waals surface area contributed by atoms with E-state index in [4.69, 9.17) is 0 Å². The molecule has 0 amide bonds. The zero-order valence-electron chi connectivity index (χ0n) is 14.0. The number of hydrogen-bond donors (Lipinski definition) is 0. The number of carbonyl (C=O) groups excluding carboxylic acids is 1. The standard InChI is InChI=1S/C20H27O/c1-16(8-6-9-17(2)13-15-21)11-12-19-18(3)10-7-14-20(19,4)5/h6,8-9,11-13H,7,10,14H2,1-5H3/b9-6?,12-11?,16-8-,17-13?. The highest BCUT2D eigenvalue weighted by atomic mass is 16.1. The first-order valence-corrected chi connectivity index (χ1v) is 7.64. The monoisotopic (exact) mass is 283 g/mol. The Balaban J connectivity index is 2.80. The van der Waals surface area contributed by atoms with Gasteiger partial charge in [0.05, 0.1) is 0 Å². The van der Waals surface area contributed by atoms with Gasteiger partial charge in [-0.25, -0.2) is 0 Å². The smallest absolute Gasteiger partial charge is 0.225 e. The Morgan fingerprint density at radius 2 is 1.90 bits per heavy atom. The topological polar surface area (TPSA) is 17.1 Å². The van der Waals surface area contributed by atoms with E-state index in [-0.39, 0.29) is 5.41 Å². The lowest BCUT2D eigenvalue weighted by atomic mass is 9.72. The summed E-state index contributed by atoms with van der Waals surface area (Å²) in [5.41, 5.74) is 5.40. The molecule has 113 valence electrons. The lowest BCUT2D eigenvalue weighted by Crippen LogP contribution is -2.19. The lowest BCUT2D eigenvalue weighted by Gasteiger charge is -2.32. The summed E-state index contributed by atoms with van der Waals surface area (Å²) in [5.74, 6) is 0. The van der Waals surface area contributed by atoms with E-state index in [1.54, 1.807) is 6.29 Å². The largest absolute Gasteiger partial charge is 0.286 e. The molecular weight excluding hydrogens is 256 g/mol. The summed E-state index contributed by atoms with van der Waals surface area (Å²) in [6.07, 6.45) is 17.4. The first-order valence-electron chi connectivity index (χ1n) is 7.64. The molecule has 1 radical (unpaired) electrons. The highest BCUT2D eigenvalue weighted by Gasteiger charge is 2.26. The molecule has 0 atom stereocenters. The van der Waals surface area contributed by atoms with Gasteiger partial charge in [-0.1, -0.05) is 55.4 Å². The van der Waals surface area contributed by atoms with Gasteiger partial charge in [0, 0.05) is 0 Å². The van der Waals surface area contributed by atoms with Crippen LogP contribution in [0.4, 0.5) is 0 Å². The molecule has 0 heterocycles. The third-order valence-corrected chi connectivity index (χ3v) is 4.06. The summed E-state index contributed by atoms with van der Waals surface area (Å²) < 4.78 is 0. The second-order valence-electron chi connectivity index (χ2n) is 6.54. The minimum Gasteiger partial charge on any atom is -0.286 e. The Morgan fingerprint density at radius 3 is 2.52 bits per heavy atom. The maximum Gasteiger partial charge on any atom is 0.225 e. The molecule has 1 aliphatic rings. The fraction of sp³-hybridized carbons (Fsp3) is 0.450. The zero-order valence-corrected chi connectivity index (χ0v) is 14.0. The minimum absolute atomic E-state index is 0.286. The Morgan fingerprint density at radius 1 is 1.19 bits per heavy atom.